The van der Waals surface area contributed by atoms with Crippen molar-refractivity contribution >= 4 is 21.4 Å². The van der Waals surface area contributed by atoms with Crippen LogP contribution in [-0.4, -0.2) is 6.04 Å². The maximum Gasteiger partial charge on any atom is 0.123 e. The molecule has 0 aliphatic rings. The lowest BCUT2D eigenvalue weighted by molar-refractivity contribution is 0.591. The minimum Gasteiger partial charge on any atom is -0.310 e. The first-order valence-electron chi connectivity index (χ1n) is 5.06. The Morgan fingerprint density at radius 1 is 1.40 bits per heavy atom. The van der Waals surface area contributed by atoms with Crippen molar-refractivity contribution in [3.8, 4) is 0 Å². The quantitative estimate of drug-likeness (QED) is 0.839. The molecule has 80 valence electrons. The highest BCUT2D eigenvalue weighted by atomic mass is 32.1. The molecule has 1 aromatic carbocycles. The van der Waals surface area contributed by atoms with Crippen LogP contribution in [0.15, 0.2) is 23.6 Å². The minimum atomic E-state index is -0.160. The molecule has 0 saturated carbocycles. The van der Waals surface area contributed by atoms with Crippen LogP contribution in [0.5, 0.6) is 0 Å². The molecule has 3 heteroatoms. The molecule has 1 heterocycles. The van der Waals surface area contributed by atoms with Crippen LogP contribution in [-0.2, 0) is 6.54 Å². The SMILES string of the molecule is CC(C)NCc1csc2ccc(F)cc12. The maximum atomic E-state index is 13.1. The van der Waals surface area contributed by atoms with E-state index in [1.54, 1.807) is 17.4 Å². The third kappa shape index (κ3) is 2.36. The Morgan fingerprint density at radius 3 is 2.93 bits per heavy atom. The molecule has 2 rings (SSSR count). The predicted octanol–water partition coefficient (Wildman–Crippen LogP) is 3.54. The van der Waals surface area contributed by atoms with Gasteiger partial charge in [-0.1, -0.05) is 13.8 Å². The summed E-state index contributed by atoms with van der Waals surface area (Å²) >= 11 is 1.67. The molecule has 0 spiro atoms. The number of fused-ring (bicyclic) bond motifs is 1. The molecule has 0 aliphatic carbocycles. The zero-order chi connectivity index (χ0) is 10.8. The molecule has 0 aliphatic heterocycles. The first-order valence-corrected chi connectivity index (χ1v) is 5.94. The van der Waals surface area contributed by atoms with E-state index in [0.29, 0.717) is 6.04 Å². The second-order valence-corrected chi connectivity index (χ2v) is 4.85. The molecular formula is C12H14FNS. The Morgan fingerprint density at radius 2 is 2.20 bits per heavy atom. The Kier molecular flexibility index (Phi) is 3.03. The van der Waals surface area contributed by atoms with Gasteiger partial charge in [0.25, 0.3) is 0 Å². The van der Waals surface area contributed by atoms with E-state index in [4.69, 9.17) is 0 Å². The highest BCUT2D eigenvalue weighted by Gasteiger charge is 2.05. The lowest BCUT2D eigenvalue weighted by Crippen LogP contribution is -2.21. The number of nitrogens with one attached hydrogen (secondary N) is 1. The Hall–Kier alpha value is -0.930. The Bertz CT molecular complexity index is 462. The van der Waals surface area contributed by atoms with Gasteiger partial charge in [0.1, 0.15) is 5.82 Å². The topological polar surface area (TPSA) is 12.0 Å². The monoisotopic (exact) mass is 223 g/mol. The Labute approximate surface area is 92.9 Å². The van der Waals surface area contributed by atoms with Crippen molar-refractivity contribution < 1.29 is 4.39 Å². The highest BCUT2D eigenvalue weighted by molar-refractivity contribution is 7.17. The fourth-order valence-corrected chi connectivity index (χ4v) is 2.45. The third-order valence-electron chi connectivity index (χ3n) is 2.32. The summed E-state index contributed by atoms with van der Waals surface area (Å²) in [5.41, 5.74) is 1.18. The average molecular weight is 223 g/mol. The van der Waals surface area contributed by atoms with Gasteiger partial charge in [0, 0.05) is 17.3 Å². The molecule has 0 radical (unpaired) electrons. The van der Waals surface area contributed by atoms with E-state index in [1.165, 1.54) is 11.6 Å². The summed E-state index contributed by atoms with van der Waals surface area (Å²) in [6.07, 6.45) is 0. The van der Waals surface area contributed by atoms with E-state index in [9.17, 15) is 4.39 Å². The van der Waals surface area contributed by atoms with Gasteiger partial charge in [-0.15, -0.1) is 11.3 Å². The zero-order valence-corrected chi connectivity index (χ0v) is 9.70. The molecule has 1 nitrogen and oxygen atoms in total. The van der Waals surface area contributed by atoms with Crippen molar-refractivity contribution in [3.05, 3.63) is 35.0 Å². The normalized spacial score (nSPS) is 11.5. The van der Waals surface area contributed by atoms with Gasteiger partial charge in [-0.2, -0.15) is 0 Å². The van der Waals surface area contributed by atoms with Gasteiger partial charge in [-0.05, 0) is 34.5 Å². The number of hydrogen-bond acceptors (Lipinski definition) is 2. The predicted molar refractivity (Wildman–Crippen MR) is 63.8 cm³/mol. The van der Waals surface area contributed by atoms with Gasteiger partial charge in [0.2, 0.25) is 0 Å². The van der Waals surface area contributed by atoms with Crippen LogP contribution in [0.3, 0.4) is 0 Å². The van der Waals surface area contributed by atoms with E-state index in [0.717, 1.165) is 16.6 Å². The van der Waals surface area contributed by atoms with E-state index < -0.39 is 0 Å². The second-order valence-electron chi connectivity index (χ2n) is 3.94. The summed E-state index contributed by atoms with van der Waals surface area (Å²) in [4.78, 5) is 0. The van der Waals surface area contributed by atoms with Crippen molar-refractivity contribution in [1.29, 1.82) is 0 Å². The van der Waals surface area contributed by atoms with Gasteiger partial charge >= 0.3 is 0 Å². The van der Waals surface area contributed by atoms with Crippen LogP contribution in [0.4, 0.5) is 4.39 Å². The van der Waals surface area contributed by atoms with Gasteiger partial charge < -0.3 is 5.32 Å². The molecule has 0 atom stereocenters. The van der Waals surface area contributed by atoms with Crippen molar-refractivity contribution in [2.75, 3.05) is 0 Å². The molecule has 0 fully saturated rings. The largest absolute Gasteiger partial charge is 0.310 e. The van der Waals surface area contributed by atoms with Crippen LogP contribution < -0.4 is 5.32 Å². The van der Waals surface area contributed by atoms with Crippen LogP contribution in [0, 0.1) is 5.82 Å². The van der Waals surface area contributed by atoms with Crippen molar-refractivity contribution in [1.82, 2.24) is 5.32 Å². The number of rotatable bonds is 3. The molecule has 1 N–H and O–H groups in total. The van der Waals surface area contributed by atoms with Crippen LogP contribution in [0.2, 0.25) is 0 Å². The summed E-state index contributed by atoms with van der Waals surface area (Å²) in [6, 6.07) is 5.42. The van der Waals surface area contributed by atoms with E-state index in [-0.39, 0.29) is 5.82 Å². The second kappa shape index (κ2) is 4.29. The summed E-state index contributed by atoms with van der Waals surface area (Å²) in [7, 11) is 0. The van der Waals surface area contributed by atoms with Gasteiger partial charge in [0.15, 0.2) is 0 Å². The highest BCUT2D eigenvalue weighted by Crippen LogP contribution is 2.26. The van der Waals surface area contributed by atoms with E-state index >= 15 is 0 Å². The zero-order valence-electron chi connectivity index (χ0n) is 8.88. The molecular weight excluding hydrogens is 209 g/mol. The molecule has 0 bridgehead atoms. The molecule has 0 unspecified atom stereocenters. The Balaban J connectivity index is 2.31. The summed E-state index contributed by atoms with van der Waals surface area (Å²) in [5.74, 6) is -0.160. The molecule has 15 heavy (non-hydrogen) atoms. The number of halogens is 1. The third-order valence-corrected chi connectivity index (χ3v) is 3.33. The first-order chi connectivity index (χ1) is 7.16. The molecule has 0 saturated heterocycles. The van der Waals surface area contributed by atoms with Crippen LogP contribution >= 0.6 is 11.3 Å². The van der Waals surface area contributed by atoms with Gasteiger partial charge in [-0.25, -0.2) is 4.39 Å². The van der Waals surface area contributed by atoms with Crippen molar-refractivity contribution in [3.63, 3.8) is 0 Å². The average Bonchev–Trinajstić information content (AvgIpc) is 2.57. The number of hydrogen-bond donors (Lipinski definition) is 1. The standard InChI is InChI=1S/C12H14FNS/c1-8(2)14-6-9-7-15-12-4-3-10(13)5-11(9)12/h3-5,7-8,14H,6H2,1-2H3. The number of benzene rings is 1. The minimum absolute atomic E-state index is 0.160. The first kappa shape index (κ1) is 10.6. The number of thiophene rings is 1. The molecule has 0 amide bonds. The van der Waals surface area contributed by atoms with E-state index in [2.05, 4.69) is 24.5 Å². The lowest BCUT2D eigenvalue weighted by Gasteiger charge is -2.06. The smallest absolute Gasteiger partial charge is 0.123 e. The van der Waals surface area contributed by atoms with Crippen molar-refractivity contribution in [2.45, 2.75) is 26.4 Å². The molecule has 1 aromatic heterocycles. The van der Waals surface area contributed by atoms with Gasteiger partial charge in [0.05, 0.1) is 0 Å². The summed E-state index contributed by atoms with van der Waals surface area (Å²) in [5, 5.41) is 6.48. The lowest BCUT2D eigenvalue weighted by atomic mass is 10.1. The van der Waals surface area contributed by atoms with Crippen LogP contribution in [0.25, 0.3) is 10.1 Å². The fraction of sp³-hybridized carbons (Fsp3) is 0.333. The maximum absolute atomic E-state index is 13.1. The van der Waals surface area contributed by atoms with E-state index in [1.807, 2.05) is 6.07 Å². The molecule has 2 aromatic rings. The summed E-state index contributed by atoms with van der Waals surface area (Å²) < 4.78 is 14.2. The fourth-order valence-electron chi connectivity index (χ4n) is 1.50. The summed E-state index contributed by atoms with van der Waals surface area (Å²) in [6.45, 7) is 5.02. The van der Waals surface area contributed by atoms with Crippen molar-refractivity contribution in [2.24, 2.45) is 0 Å². The van der Waals surface area contributed by atoms with Crippen LogP contribution in [0.1, 0.15) is 19.4 Å². The van der Waals surface area contributed by atoms with Gasteiger partial charge in [-0.3, -0.25) is 0 Å².